The predicted molar refractivity (Wildman–Crippen MR) is 77.7 cm³/mol. The molecule has 2 N–H and O–H groups in total. The van der Waals surface area contributed by atoms with Gasteiger partial charge in [0.05, 0.1) is 17.8 Å². The molecule has 0 radical (unpaired) electrons. The SMILES string of the molecule is NC1CCCCCC1OC1CCOC2(CCOCC2)C1. The van der Waals surface area contributed by atoms with Crippen molar-refractivity contribution in [1.29, 1.82) is 0 Å². The van der Waals surface area contributed by atoms with E-state index in [4.69, 9.17) is 19.9 Å². The molecule has 2 aliphatic heterocycles. The molecule has 0 amide bonds. The van der Waals surface area contributed by atoms with E-state index in [1.165, 1.54) is 19.3 Å². The third-order valence-electron chi connectivity index (χ3n) is 5.22. The number of hydrogen-bond donors (Lipinski definition) is 1. The van der Waals surface area contributed by atoms with Gasteiger partial charge in [-0.25, -0.2) is 0 Å². The van der Waals surface area contributed by atoms with Crippen molar-refractivity contribution >= 4 is 0 Å². The molecule has 20 heavy (non-hydrogen) atoms. The summed E-state index contributed by atoms with van der Waals surface area (Å²) in [4.78, 5) is 0. The molecule has 1 aliphatic carbocycles. The van der Waals surface area contributed by atoms with Crippen LogP contribution in [0.5, 0.6) is 0 Å². The summed E-state index contributed by atoms with van der Waals surface area (Å²) >= 11 is 0. The van der Waals surface area contributed by atoms with Crippen molar-refractivity contribution in [2.75, 3.05) is 19.8 Å². The van der Waals surface area contributed by atoms with Crippen molar-refractivity contribution < 1.29 is 14.2 Å². The Morgan fingerprint density at radius 3 is 2.60 bits per heavy atom. The average Bonchev–Trinajstić information content (AvgIpc) is 2.65. The van der Waals surface area contributed by atoms with Gasteiger partial charge in [0.15, 0.2) is 0 Å². The smallest absolute Gasteiger partial charge is 0.0751 e. The molecule has 116 valence electrons. The molecular weight excluding hydrogens is 254 g/mol. The van der Waals surface area contributed by atoms with E-state index in [9.17, 15) is 0 Å². The molecule has 3 aliphatic rings. The van der Waals surface area contributed by atoms with Crippen molar-refractivity contribution in [2.24, 2.45) is 5.73 Å². The molecule has 3 atom stereocenters. The highest BCUT2D eigenvalue weighted by Gasteiger charge is 2.40. The highest BCUT2D eigenvalue weighted by atomic mass is 16.5. The molecule has 2 heterocycles. The van der Waals surface area contributed by atoms with Gasteiger partial charge >= 0.3 is 0 Å². The zero-order valence-electron chi connectivity index (χ0n) is 12.5. The number of hydrogen-bond acceptors (Lipinski definition) is 4. The first-order valence-corrected chi connectivity index (χ1v) is 8.40. The van der Waals surface area contributed by atoms with Gasteiger partial charge < -0.3 is 19.9 Å². The fourth-order valence-electron chi connectivity index (χ4n) is 3.91. The Hall–Kier alpha value is -0.160. The van der Waals surface area contributed by atoms with E-state index >= 15 is 0 Å². The van der Waals surface area contributed by atoms with Crippen LogP contribution in [0.1, 0.15) is 57.8 Å². The average molecular weight is 283 g/mol. The van der Waals surface area contributed by atoms with Gasteiger partial charge in [-0.3, -0.25) is 0 Å². The molecule has 0 aromatic carbocycles. The molecule has 3 fully saturated rings. The number of rotatable bonds is 2. The van der Waals surface area contributed by atoms with Crippen LogP contribution in [0.25, 0.3) is 0 Å². The van der Waals surface area contributed by atoms with E-state index < -0.39 is 0 Å². The molecule has 0 bridgehead atoms. The summed E-state index contributed by atoms with van der Waals surface area (Å²) in [6.07, 6.45) is 10.8. The van der Waals surface area contributed by atoms with Gasteiger partial charge in [0.25, 0.3) is 0 Å². The van der Waals surface area contributed by atoms with Gasteiger partial charge in [-0.1, -0.05) is 19.3 Å². The summed E-state index contributed by atoms with van der Waals surface area (Å²) in [6, 6.07) is 0.228. The van der Waals surface area contributed by atoms with Gasteiger partial charge in [0, 0.05) is 32.3 Å². The largest absolute Gasteiger partial charge is 0.381 e. The first kappa shape index (κ1) is 14.8. The van der Waals surface area contributed by atoms with Crippen LogP contribution in [0.3, 0.4) is 0 Å². The van der Waals surface area contributed by atoms with E-state index in [-0.39, 0.29) is 17.7 Å². The quantitative estimate of drug-likeness (QED) is 0.791. The van der Waals surface area contributed by atoms with E-state index in [2.05, 4.69) is 0 Å². The first-order chi connectivity index (χ1) is 9.77. The van der Waals surface area contributed by atoms with Crippen LogP contribution in [0.2, 0.25) is 0 Å². The monoisotopic (exact) mass is 283 g/mol. The van der Waals surface area contributed by atoms with Crippen molar-refractivity contribution in [2.45, 2.75) is 81.6 Å². The second-order valence-electron chi connectivity index (χ2n) is 6.74. The second kappa shape index (κ2) is 6.73. The van der Waals surface area contributed by atoms with Gasteiger partial charge in [0.2, 0.25) is 0 Å². The highest BCUT2D eigenvalue weighted by Crippen LogP contribution is 2.36. The normalized spacial score (nSPS) is 38.5. The molecule has 2 saturated heterocycles. The van der Waals surface area contributed by atoms with Crippen LogP contribution in [0.15, 0.2) is 0 Å². The zero-order chi connectivity index (χ0) is 13.8. The summed E-state index contributed by atoms with van der Waals surface area (Å²) in [5, 5.41) is 0. The van der Waals surface area contributed by atoms with Crippen LogP contribution < -0.4 is 5.73 Å². The summed E-state index contributed by atoms with van der Waals surface area (Å²) in [5.74, 6) is 0. The Morgan fingerprint density at radius 1 is 0.950 bits per heavy atom. The minimum atomic E-state index is 0.0238. The van der Waals surface area contributed by atoms with E-state index in [0.717, 1.165) is 58.3 Å². The predicted octanol–water partition coefficient (Wildman–Crippen LogP) is 2.39. The lowest BCUT2D eigenvalue weighted by atomic mass is 9.85. The van der Waals surface area contributed by atoms with E-state index in [0.29, 0.717) is 6.10 Å². The second-order valence-corrected chi connectivity index (χ2v) is 6.74. The molecular formula is C16H29NO3. The van der Waals surface area contributed by atoms with Gasteiger partial charge in [-0.15, -0.1) is 0 Å². The van der Waals surface area contributed by atoms with Crippen LogP contribution in [-0.4, -0.2) is 43.7 Å². The summed E-state index contributed by atoms with van der Waals surface area (Å²) in [6.45, 7) is 2.48. The maximum Gasteiger partial charge on any atom is 0.0751 e. The lowest BCUT2D eigenvalue weighted by Gasteiger charge is -2.44. The summed E-state index contributed by atoms with van der Waals surface area (Å²) < 4.78 is 18.0. The fraction of sp³-hybridized carbons (Fsp3) is 1.00. The zero-order valence-corrected chi connectivity index (χ0v) is 12.5. The van der Waals surface area contributed by atoms with Crippen molar-refractivity contribution in [3.63, 3.8) is 0 Å². The molecule has 1 spiro atoms. The van der Waals surface area contributed by atoms with E-state index in [1.54, 1.807) is 0 Å². The number of ether oxygens (including phenoxy) is 3. The van der Waals surface area contributed by atoms with Crippen LogP contribution in [0.4, 0.5) is 0 Å². The van der Waals surface area contributed by atoms with E-state index in [1.807, 2.05) is 0 Å². The molecule has 3 unspecified atom stereocenters. The molecule has 0 aromatic heterocycles. The Kier molecular flexibility index (Phi) is 4.97. The van der Waals surface area contributed by atoms with Crippen LogP contribution >= 0.6 is 0 Å². The third-order valence-corrected chi connectivity index (χ3v) is 5.22. The van der Waals surface area contributed by atoms with Gasteiger partial charge in [0.1, 0.15) is 0 Å². The molecule has 1 saturated carbocycles. The maximum absolute atomic E-state index is 6.41. The Balaban J connectivity index is 1.56. The molecule has 4 heteroatoms. The lowest BCUT2D eigenvalue weighted by Crippen LogP contribution is -2.48. The lowest BCUT2D eigenvalue weighted by molar-refractivity contribution is -0.180. The highest BCUT2D eigenvalue weighted by molar-refractivity contribution is 4.90. The molecule has 0 aromatic rings. The Morgan fingerprint density at radius 2 is 1.75 bits per heavy atom. The van der Waals surface area contributed by atoms with Crippen molar-refractivity contribution in [3.05, 3.63) is 0 Å². The van der Waals surface area contributed by atoms with Crippen molar-refractivity contribution in [1.82, 2.24) is 0 Å². The topological polar surface area (TPSA) is 53.7 Å². The van der Waals surface area contributed by atoms with Crippen molar-refractivity contribution in [3.8, 4) is 0 Å². The summed E-state index contributed by atoms with van der Waals surface area (Å²) in [7, 11) is 0. The molecule has 4 nitrogen and oxygen atoms in total. The minimum absolute atomic E-state index is 0.0238. The minimum Gasteiger partial charge on any atom is -0.381 e. The molecule has 3 rings (SSSR count). The Bertz CT molecular complexity index is 299. The summed E-state index contributed by atoms with van der Waals surface area (Å²) in [5.41, 5.74) is 6.31. The fourth-order valence-corrected chi connectivity index (χ4v) is 3.91. The first-order valence-electron chi connectivity index (χ1n) is 8.40. The van der Waals surface area contributed by atoms with Gasteiger partial charge in [-0.05, 0) is 32.1 Å². The van der Waals surface area contributed by atoms with Crippen LogP contribution in [-0.2, 0) is 14.2 Å². The Labute approximate surface area is 122 Å². The number of nitrogens with two attached hydrogens (primary N) is 1. The van der Waals surface area contributed by atoms with Crippen LogP contribution in [0, 0.1) is 0 Å². The third kappa shape index (κ3) is 3.53. The maximum atomic E-state index is 6.41. The standard InChI is InChI=1S/C16H29NO3/c17-14-4-2-1-3-5-15(14)20-13-6-9-19-16(12-13)7-10-18-11-8-16/h13-15H,1-12,17H2. The van der Waals surface area contributed by atoms with Gasteiger partial charge in [-0.2, -0.15) is 0 Å².